The number of hydrogen-bond acceptors (Lipinski definition) is 3. The molecule has 1 aliphatic heterocycles. The zero-order valence-corrected chi connectivity index (χ0v) is 14.2. The van der Waals surface area contributed by atoms with Gasteiger partial charge in [-0.15, -0.1) is 0 Å². The van der Waals surface area contributed by atoms with Crippen molar-refractivity contribution in [1.82, 2.24) is 9.80 Å². The molecular weight excluding hydrogens is 258 g/mol. The highest BCUT2D eigenvalue weighted by Gasteiger charge is 2.46. The quantitative estimate of drug-likeness (QED) is 0.868. The van der Waals surface area contributed by atoms with Crippen LogP contribution in [0.2, 0.25) is 0 Å². The molecule has 3 aliphatic rings. The van der Waals surface area contributed by atoms with Gasteiger partial charge in [0.25, 0.3) is 0 Å². The van der Waals surface area contributed by atoms with E-state index in [0.717, 1.165) is 18.0 Å². The van der Waals surface area contributed by atoms with Crippen molar-refractivity contribution < 1.29 is 0 Å². The predicted octanol–water partition coefficient (Wildman–Crippen LogP) is 2.84. The molecule has 2 aliphatic carbocycles. The minimum Gasteiger partial charge on any atom is -0.329 e. The van der Waals surface area contributed by atoms with E-state index in [1.807, 2.05) is 0 Å². The molecule has 0 atom stereocenters. The highest BCUT2D eigenvalue weighted by Crippen LogP contribution is 2.52. The molecule has 21 heavy (non-hydrogen) atoms. The first-order chi connectivity index (χ1) is 10.1. The molecule has 0 radical (unpaired) electrons. The van der Waals surface area contributed by atoms with Crippen LogP contribution in [0.4, 0.5) is 0 Å². The molecule has 0 aromatic rings. The van der Waals surface area contributed by atoms with E-state index in [2.05, 4.69) is 23.9 Å². The zero-order valence-electron chi connectivity index (χ0n) is 14.2. The average Bonchev–Trinajstić information content (AvgIpc) is 2.97. The molecule has 3 fully saturated rings. The molecule has 0 aromatic carbocycles. The number of piperidine rings is 1. The summed E-state index contributed by atoms with van der Waals surface area (Å²) in [6, 6.07) is 0.779. The largest absolute Gasteiger partial charge is 0.329 e. The highest BCUT2D eigenvalue weighted by atomic mass is 15.2. The maximum Gasteiger partial charge on any atom is 0.0332 e. The first-order valence-electron chi connectivity index (χ1n) is 9.21. The molecule has 0 amide bonds. The van der Waals surface area contributed by atoms with Crippen molar-refractivity contribution in [3.05, 3.63) is 0 Å². The van der Waals surface area contributed by atoms with Crippen molar-refractivity contribution in [2.45, 2.75) is 75.8 Å². The van der Waals surface area contributed by atoms with Crippen LogP contribution in [0.25, 0.3) is 0 Å². The van der Waals surface area contributed by atoms with Gasteiger partial charge in [0.15, 0.2) is 0 Å². The third-order valence-corrected chi connectivity index (χ3v) is 7.15. The van der Waals surface area contributed by atoms with E-state index in [-0.39, 0.29) is 0 Å². The molecular formula is C18H35N3. The van der Waals surface area contributed by atoms with Crippen LogP contribution >= 0.6 is 0 Å². The Morgan fingerprint density at radius 3 is 2.00 bits per heavy atom. The summed E-state index contributed by atoms with van der Waals surface area (Å²) in [4.78, 5) is 5.18. The highest BCUT2D eigenvalue weighted by molar-refractivity contribution is 5.02. The van der Waals surface area contributed by atoms with Gasteiger partial charge in [0.05, 0.1) is 0 Å². The van der Waals surface area contributed by atoms with Gasteiger partial charge >= 0.3 is 0 Å². The summed E-state index contributed by atoms with van der Waals surface area (Å²) in [5.74, 6) is 0. The fourth-order valence-electron chi connectivity index (χ4n) is 5.38. The van der Waals surface area contributed by atoms with Gasteiger partial charge in [-0.3, -0.25) is 4.90 Å². The van der Waals surface area contributed by atoms with Gasteiger partial charge in [-0.2, -0.15) is 0 Å². The van der Waals surface area contributed by atoms with Crippen molar-refractivity contribution in [3.63, 3.8) is 0 Å². The van der Waals surface area contributed by atoms with Crippen molar-refractivity contribution in [3.8, 4) is 0 Å². The zero-order chi connectivity index (χ0) is 14.9. The van der Waals surface area contributed by atoms with Gasteiger partial charge in [0.2, 0.25) is 0 Å². The first-order valence-corrected chi connectivity index (χ1v) is 9.21. The van der Waals surface area contributed by atoms with Gasteiger partial charge in [-0.25, -0.2) is 0 Å². The lowest BCUT2D eigenvalue weighted by Crippen LogP contribution is -2.59. The maximum absolute atomic E-state index is 6.30. The van der Waals surface area contributed by atoms with Gasteiger partial charge in [-0.1, -0.05) is 12.8 Å². The number of hydrogen-bond donors (Lipinski definition) is 1. The molecule has 0 aromatic heterocycles. The van der Waals surface area contributed by atoms with Crippen LogP contribution in [0.15, 0.2) is 0 Å². The lowest BCUT2D eigenvalue weighted by molar-refractivity contribution is -0.00980. The van der Waals surface area contributed by atoms with Crippen molar-refractivity contribution in [2.75, 3.05) is 33.7 Å². The number of nitrogens with zero attached hydrogens (tertiary/aromatic N) is 2. The standard InChI is InChI=1S/C18H35N3/c1-20(2)16-5-13-21(14-6-16)18(15-19)11-9-17(10-12-18)7-3-4-8-17/h16H,3-15,19H2,1-2H3. The van der Waals surface area contributed by atoms with E-state index in [4.69, 9.17) is 5.73 Å². The molecule has 1 saturated heterocycles. The molecule has 2 N–H and O–H groups in total. The molecule has 0 unspecified atom stereocenters. The molecule has 3 rings (SSSR count). The molecule has 1 spiro atoms. The van der Waals surface area contributed by atoms with E-state index in [1.54, 1.807) is 0 Å². The van der Waals surface area contributed by atoms with Crippen molar-refractivity contribution in [1.29, 1.82) is 0 Å². The maximum atomic E-state index is 6.30. The van der Waals surface area contributed by atoms with Gasteiger partial charge in [-0.05, 0) is 70.9 Å². The average molecular weight is 293 g/mol. The van der Waals surface area contributed by atoms with Crippen molar-refractivity contribution >= 4 is 0 Å². The Morgan fingerprint density at radius 2 is 1.52 bits per heavy atom. The molecule has 3 heteroatoms. The molecule has 2 saturated carbocycles. The number of rotatable bonds is 3. The minimum atomic E-state index is 0.338. The fraction of sp³-hybridized carbons (Fsp3) is 1.00. The summed E-state index contributed by atoms with van der Waals surface area (Å²) in [5, 5.41) is 0. The molecule has 1 heterocycles. The van der Waals surface area contributed by atoms with E-state index in [9.17, 15) is 0 Å². The normalized spacial score (nSPS) is 30.3. The van der Waals surface area contributed by atoms with Crippen LogP contribution in [0.5, 0.6) is 0 Å². The Kier molecular flexibility index (Phi) is 4.63. The van der Waals surface area contributed by atoms with Crippen LogP contribution < -0.4 is 5.73 Å². The van der Waals surface area contributed by atoms with Crippen LogP contribution in [-0.2, 0) is 0 Å². The Hall–Kier alpha value is -0.120. The Bertz CT molecular complexity index is 328. The molecule has 3 nitrogen and oxygen atoms in total. The van der Waals surface area contributed by atoms with E-state index >= 15 is 0 Å². The molecule has 0 bridgehead atoms. The second-order valence-corrected chi connectivity index (χ2v) is 8.32. The summed E-state index contributed by atoms with van der Waals surface area (Å²) in [5.41, 5.74) is 7.36. The monoisotopic (exact) mass is 293 g/mol. The minimum absolute atomic E-state index is 0.338. The SMILES string of the molecule is CN(C)C1CCN(C2(CN)CCC3(CCCC3)CC2)CC1. The summed E-state index contributed by atoms with van der Waals surface area (Å²) in [6.07, 6.45) is 14.2. The van der Waals surface area contributed by atoms with Crippen molar-refractivity contribution in [2.24, 2.45) is 11.1 Å². The Morgan fingerprint density at radius 1 is 0.952 bits per heavy atom. The smallest absolute Gasteiger partial charge is 0.0332 e. The lowest BCUT2D eigenvalue weighted by atomic mass is 9.65. The summed E-state index contributed by atoms with van der Waals surface area (Å²) < 4.78 is 0. The van der Waals surface area contributed by atoms with E-state index in [1.165, 1.54) is 77.3 Å². The summed E-state index contributed by atoms with van der Waals surface area (Å²) in [7, 11) is 4.45. The van der Waals surface area contributed by atoms with Gasteiger partial charge in [0.1, 0.15) is 0 Å². The second kappa shape index (κ2) is 6.17. The van der Waals surface area contributed by atoms with E-state index < -0.39 is 0 Å². The Labute approximate surface area is 131 Å². The lowest BCUT2D eigenvalue weighted by Gasteiger charge is -2.53. The van der Waals surface area contributed by atoms with Crippen LogP contribution in [0, 0.1) is 5.41 Å². The fourth-order valence-corrected chi connectivity index (χ4v) is 5.38. The van der Waals surface area contributed by atoms with Crippen LogP contribution in [0.3, 0.4) is 0 Å². The van der Waals surface area contributed by atoms with Gasteiger partial charge in [0, 0.05) is 31.2 Å². The summed E-state index contributed by atoms with van der Waals surface area (Å²) >= 11 is 0. The van der Waals surface area contributed by atoms with Crippen LogP contribution in [-0.4, -0.2) is 55.1 Å². The van der Waals surface area contributed by atoms with E-state index in [0.29, 0.717) is 5.54 Å². The Balaban J connectivity index is 1.60. The number of likely N-dealkylation sites (tertiary alicyclic amines) is 1. The summed E-state index contributed by atoms with van der Waals surface area (Å²) in [6.45, 7) is 3.38. The second-order valence-electron chi connectivity index (χ2n) is 8.32. The topological polar surface area (TPSA) is 32.5 Å². The first kappa shape index (κ1) is 15.8. The third-order valence-electron chi connectivity index (χ3n) is 7.15. The molecule has 122 valence electrons. The predicted molar refractivity (Wildman–Crippen MR) is 89.4 cm³/mol. The third kappa shape index (κ3) is 3.02. The van der Waals surface area contributed by atoms with Gasteiger partial charge < -0.3 is 10.6 Å². The number of nitrogens with two attached hydrogens (primary N) is 1. The van der Waals surface area contributed by atoms with Crippen LogP contribution in [0.1, 0.15) is 64.2 Å².